The monoisotopic (exact) mass is 240 g/mol. The van der Waals surface area contributed by atoms with Gasteiger partial charge in [0, 0.05) is 18.1 Å². The van der Waals surface area contributed by atoms with Crippen molar-refractivity contribution in [3.8, 4) is 0 Å². The topological polar surface area (TPSA) is 35.5 Å². The number of rotatable bonds is 3. The second-order valence-corrected chi connectivity index (χ2v) is 6.82. The van der Waals surface area contributed by atoms with Gasteiger partial charge in [-0.15, -0.1) is 0 Å². The molecule has 3 nitrogen and oxygen atoms in total. The minimum atomic E-state index is -0.00768. The maximum atomic E-state index is 9.55. The summed E-state index contributed by atoms with van der Waals surface area (Å²) in [4.78, 5) is 2.66. The van der Waals surface area contributed by atoms with Crippen molar-refractivity contribution in [2.45, 2.75) is 57.5 Å². The van der Waals surface area contributed by atoms with E-state index < -0.39 is 0 Å². The van der Waals surface area contributed by atoms with Crippen molar-refractivity contribution in [3.63, 3.8) is 0 Å². The molecule has 2 atom stereocenters. The first-order chi connectivity index (χ1) is 8.00. The van der Waals surface area contributed by atoms with Crippen molar-refractivity contribution >= 4 is 0 Å². The molecule has 2 fully saturated rings. The van der Waals surface area contributed by atoms with Gasteiger partial charge in [-0.25, -0.2) is 0 Å². The molecule has 1 saturated carbocycles. The lowest BCUT2D eigenvalue weighted by molar-refractivity contribution is 0.0727. The van der Waals surface area contributed by atoms with E-state index in [1.165, 1.54) is 32.4 Å². The Kier molecular flexibility index (Phi) is 3.81. The highest BCUT2D eigenvalue weighted by Crippen LogP contribution is 2.37. The van der Waals surface area contributed by atoms with Gasteiger partial charge in [-0.2, -0.15) is 0 Å². The Labute approximate surface area is 106 Å². The predicted molar refractivity (Wildman–Crippen MR) is 71.1 cm³/mol. The summed E-state index contributed by atoms with van der Waals surface area (Å²) in [6.45, 7) is 7.51. The van der Waals surface area contributed by atoms with E-state index in [-0.39, 0.29) is 12.1 Å². The molecular weight excluding hydrogens is 212 g/mol. The lowest BCUT2D eigenvalue weighted by atomic mass is 9.83. The van der Waals surface area contributed by atoms with Crippen molar-refractivity contribution in [1.82, 2.24) is 10.2 Å². The second kappa shape index (κ2) is 4.87. The highest BCUT2D eigenvalue weighted by Gasteiger charge is 2.41. The van der Waals surface area contributed by atoms with Crippen LogP contribution in [0.1, 0.15) is 46.0 Å². The summed E-state index contributed by atoms with van der Waals surface area (Å²) in [5, 5.41) is 12.9. The summed E-state index contributed by atoms with van der Waals surface area (Å²) in [5.74, 6) is 0. The zero-order valence-corrected chi connectivity index (χ0v) is 11.6. The van der Waals surface area contributed by atoms with Gasteiger partial charge in [0.1, 0.15) is 0 Å². The van der Waals surface area contributed by atoms with E-state index in [2.05, 4.69) is 24.1 Å². The Morgan fingerprint density at radius 2 is 2.12 bits per heavy atom. The smallest absolute Gasteiger partial charge is 0.0613 e. The fourth-order valence-electron chi connectivity index (χ4n) is 3.64. The fraction of sp³-hybridized carbons (Fsp3) is 1.00. The van der Waals surface area contributed by atoms with Crippen LogP contribution >= 0.6 is 0 Å². The number of likely N-dealkylation sites (N-methyl/N-ethyl adjacent to an activating group) is 1. The van der Waals surface area contributed by atoms with Crippen LogP contribution in [-0.2, 0) is 0 Å². The third kappa shape index (κ3) is 2.83. The van der Waals surface area contributed by atoms with Gasteiger partial charge >= 0.3 is 0 Å². The van der Waals surface area contributed by atoms with E-state index in [0.717, 1.165) is 12.8 Å². The van der Waals surface area contributed by atoms with Crippen LogP contribution in [-0.4, -0.2) is 48.3 Å². The number of aliphatic hydroxyl groups is 1. The van der Waals surface area contributed by atoms with Crippen LogP contribution in [0.3, 0.4) is 0 Å². The maximum absolute atomic E-state index is 9.55. The summed E-state index contributed by atoms with van der Waals surface area (Å²) in [6, 6.07) is 0.675. The second-order valence-electron chi connectivity index (χ2n) is 6.82. The van der Waals surface area contributed by atoms with Crippen LogP contribution < -0.4 is 5.32 Å². The molecule has 0 amide bonds. The molecule has 17 heavy (non-hydrogen) atoms. The number of hydrogen-bond acceptors (Lipinski definition) is 3. The van der Waals surface area contributed by atoms with Crippen LogP contribution in [0.25, 0.3) is 0 Å². The van der Waals surface area contributed by atoms with Gasteiger partial charge in [0.25, 0.3) is 0 Å². The molecule has 1 aliphatic heterocycles. The van der Waals surface area contributed by atoms with E-state index in [0.29, 0.717) is 11.5 Å². The Balaban J connectivity index is 1.96. The van der Waals surface area contributed by atoms with Crippen LogP contribution in [0.5, 0.6) is 0 Å². The molecule has 2 rings (SSSR count). The zero-order chi connectivity index (χ0) is 12.5. The Morgan fingerprint density at radius 1 is 1.35 bits per heavy atom. The van der Waals surface area contributed by atoms with E-state index in [1.54, 1.807) is 0 Å². The summed E-state index contributed by atoms with van der Waals surface area (Å²) >= 11 is 0. The molecule has 0 aromatic carbocycles. The number of hydrogen-bond donors (Lipinski definition) is 2. The average Bonchev–Trinajstić information content (AvgIpc) is 2.73. The van der Waals surface area contributed by atoms with Crippen molar-refractivity contribution in [2.75, 3.05) is 26.7 Å². The number of piperidine rings is 1. The van der Waals surface area contributed by atoms with Gasteiger partial charge in [0.15, 0.2) is 0 Å². The molecule has 0 aromatic heterocycles. The Hall–Kier alpha value is -0.120. The molecule has 0 aromatic rings. The molecule has 2 unspecified atom stereocenters. The quantitative estimate of drug-likeness (QED) is 0.787. The number of nitrogens with one attached hydrogen (secondary N) is 1. The van der Waals surface area contributed by atoms with Crippen LogP contribution in [0.15, 0.2) is 0 Å². The minimum Gasteiger partial charge on any atom is -0.394 e. The van der Waals surface area contributed by atoms with Gasteiger partial charge in [-0.3, -0.25) is 4.90 Å². The maximum Gasteiger partial charge on any atom is 0.0613 e. The van der Waals surface area contributed by atoms with E-state index in [1.807, 2.05) is 7.05 Å². The van der Waals surface area contributed by atoms with Gasteiger partial charge < -0.3 is 10.4 Å². The number of aliphatic hydroxyl groups excluding tert-OH is 1. The van der Waals surface area contributed by atoms with Crippen LogP contribution in [0, 0.1) is 5.41 Å². The first-order valence-electron chi connectivity index (χ1n) is 7.04. The van der Waals surface area contributed by atoms with Crippen molar-refractivity contribution < 1.29 is 5.11 Å². The van der Waals surface area contributed by atoms with E-state index >= 15 is 0 Å². The van der Waals surface area contributed by atoms with Gasteiger partial charge in [0.05, 0.1) is 6.61 Å². The fourth-order valence-corrected chi connectivity index (χ4v) is 3.64. The molecule has 1 saturated heterocycles. The summed E-state index contributed by atoms with van der Waals surface area (Å²) < 4.78 is 0. The highest BCUT2D eigenvalue weighted by molar-refractivity contribution is 4.99. The first-order valence-corrected chi connectivity index (χ1v) is 7.04. The molecule has 1 heterocycles. The molecule has 1 aliphatic carbocycles. The van der Waals surface area contributed by atoms with Crippen LogP contribution in [0.4, 0.5) is 0 Å². The van der Waals surface area contributed by atoms with Gasteiger partial charge in [-0.05, 0) is 51.1 Å². The van der Waals surface area contributed by atoms with Crippen molar-refractivity contribution in [2.24, 2.45) is 5.41 Å². The molecule has 3 heteroatoms. The molecule has 0 spiro atoms. The molecule has 2 aliphatic rings. The molecule has 2 N–H and O–H groups in total. The molecular formula is C14H28N2O. The summed E-state index contributed by atoms with van der Waals surface area (Å²) in [7, 11) is 1.98. The van der Waals surface area contributed by atoms with E-state index in [4.69, 9.17) is 0 Å². The molecule has 100 valence electrons. The van der Waals surface area contributed by atoms with Gasteiger partial charge in [0.2, 0.25) is 0 Å². The molecule has 0 bridgehead atoms. The van der Waals surface area contributed by atoms with Crippen molar-refractivity contribution in [3.05, 3.63) is 0 Å². The average molecular weight is 240 g/mol. The third-order valence-electron chi connectivity index (χ3n) is 4.86. The van der Waals surface area contributed by atoms with Crippen LogP contribution in [0.2, 0.25) is 0 Å². The van der Waals surface area contributed by atoms with Gasteiger partial charge in [-0.1, -0.05) is 13.8 Å². The summed E-state index contributed by atoms with van der Waals surface area (Å²) in [5.41, 5.74) is 0.467. The van der Waals surface area contributed by atoms with Crippen molar-refractivity contribution in [1.29, 1.82) is 0 Å². The third-order valence-corrected chi connectivity index (χ3v) is 4.86. The Bertz CT molecular complexity index is 261. The number of nitrogens with zero attached hydrogens (tertiary/aromatic N) is 1. The van der Waals surface area contributed by atoms with E-state index in [9.17, 15) is 5.11 Å². The normalized spacial score (nSPS) is 38.5. The largest absolute Gasteiger partial charge is 0.394 e. The lowest BCUT2D eigenvalue weighted by Gasteiger charge is -2.41. The standard InChI is InChI=1S/C14H28N2O/c1-13(2)6-4-8-16(10-13)12-5-7-14(9-12,11-17)15-3/h12,15,17H,4-11H2,1-3H3. The summed E-state index contributed by atoms with van der Waals surface area (Å²) in [6.07, 6.45) is 6.14. The first kappa shape index (κ1) is 13.3. The molecule has 0 radical (unpaired) electrons. The number of likely N-dealkylation sites (tertiary alicyclic amines) is 1. The minimum absolute atomic E-state index is 0.00768. The predicted octanol–water partition coefficient (Wildman–Crippen LogP) is 1.61. The SMILES string of the molecule is CNC1(CO)CCC(N2CCCC(C)(C)C2)C1. The zero-order valence-electron chi connectivity index (χ0n) is 11.6. The Morgan fingerprint density at radius 3 is 2.65 bits per heavy atom. The highest BCUT2D eigenvalue weighted by atomic mass is 16.3. The lowest BCUT2D eigenvalue weighted by Crippen LogP contribution is -2.48.